The minimum Gasteiger partial charge on any atom is -0.495 e. The average Bonchev–Trinajstić information content (AvgIpc) is 3.13. The molecule has 2 aromatic carbocycles. The Morgan fingerprint density at radius 1 is 1.07 bits per heavy atom. The second-order valence-electron chi connectivity index (χ2n) is 5.81. The highest BCUT2D eigenvalue weighted by atomic mass is 32.2. The van der Waals surface area contributed by atoms with Crippen molar-refractivity contribution in [2.75, 3.05) is 11.8 Å². The molecular formula is C19H17NO5S2. The number of carboxylic acids is 1. The zero-order valence-corrected chi connectivity index (χ0v) is 16.2. The van der Waals surface area contributed by atoms with Gasteiger partial charge in [-0.25, -0.2) is 13.2 Å². The van der Waals surface area contributed by atoms with Gasteiger partial charge in [0, 0.05) is 4.88 Å². The summed E-state index contributed by atoms with van der Waals surface area (Å²) in [5.74, 6) is -0.988. The van der Waals surface area contributed by atoms with Crippen LogP contribution in [-0.2, 0) is 10.0 Å². The number of methoxy groups -OCH3 is 1. The van der Waals surface area contributed by atoms with Gasteiger partial charge in [0.15, 0.2) is 0 Å². The lowest BCUT2D eigenvalue weighted by Gasteiger charge is -2.11. The molecule has 2 N–H and O–H groups in total. The molecular weight excluding hydrogens is 386 g/mol. The number of anilines is 1. The highest BCUT2D eigenvalue weighted by Gasteiger charge is 2.20. The van der Waals surface area contributed by atoms with Gasteiger partial charge in [0.1, 0.15) is 9.96 Å². The molecule has 0 atom stereocenters. The zero-order valence-electron chi connectivity index (χ0n) is 14.6. The number of carboxylic acid groups (broad SMARTS) is 1. The predicted molar refractivity (Wildman–Crippen MR) is 105 cm³/mol. The number of carbonyl (C=O) groups is 1. The summed E-state index contributed by atoms with van der Waals surface area (Å²) < 4.78 is 33.2. The van der Waals surface area contributed by atoms with Gasteiger partial charge in [-0.2, -0.15) is 0 Å². The number of aryl methyl sites for hydroxylation is 1. The van der Waals surface area contributed by atoms with Crippen molar-refractivity contribution in [3.05, 3.63) is 65.7 Å². The number of benzene rings is 2. The molecule has 0 saturated heterocycles. The van der Waals surface area contributed by atoms with Gasteiger partial charge in [-0.3, -0.25) is 4.72 Å². The molecule has 0 spiro atoms. The summed E-state index contributed by atoms with van der Waals surface area (Å²) in [6.45, 7) is 1.99. The van der Waals surface area contributed by atoms with Crippen LogP contribution < -0.4 is 9.46 Å². The Labute approximate surface area is 161 Å². The fourth-order valence-electron chi connectivity index (χ4n) is 2.44. The van der Waals surface area contributed by atoms with Crippen molar-refractivity contribution in [3.8, 4) is 16.2 Å². The molecule has 0 fully saturated rings. The first-order valence-corrected chi connectivity index (χ1v) is 10.2. The lowest BCUT2D eigenvalue weighted by molar-refractivity contribution is 0.0696. The number of rotatable bonds is 6. The maximum atomic E-state index is 12.7. The van der Waals surface area contributed by atoms with E-state index in [2.05, 4.69) is 4.72 Å². The van der Waals surface area contributed by atoms with Crippen molar-refractivity contribution in [2.45, 2.75) is 11.1 Å². The van der Waals surface area contributed by atoms with E-state index in [0.717, 1.165) is 27.3 Å². The van der Waals surface area contributed by atoms with Gasteiger partial charge in [0.2, 0.25) is 0 Å². The van der Waals surface area contributed by atoms with Crippen molar-refractivity contribution in [3.63, 3.8) is 0 Å². The van der Waals surface area contributed by atoms with E-state index in [1.807, 2.05) is 31.2 Å². The number of ether oxygens (including phenoxy) is 1. The largest absolute Gasteiger partial charge is 0.495 e. The molecule has 140 valence electrons. The SMILES string of the molecule is COc1cc(C(=O)O)ccc1NS(=O)(=O)c1ccc(-c2ccc(C)cc2)s1. The number of hydrogen-bond donors (Lipinski definition) is 2. The molecule has 1 aromatic heterocycles. The Bertz CT molecular complexity index is 1090. The average molecular weight is 403 g/mol. The quantitative estimate of drug-likeness (QED) is 0.642. The predicted octanol–water partition coefficient (Wildman–Crippen LogP) is 4.23. The normalized spacial score (nSPS) is 11.2. The van der Waals surface area contributed by atoms with Crippen molar-refractivity contribution >= 4 is 33.0 Å². The lowest BCUT2D eigenvalue weighted by Crippen LogP contribution is -2.12. The second-order valence-corrected chi connectivity index (χ2v) is 8.80. The van der Waals surface area contributed by atoms with Crippen LogP contribution in [0.15, 0.2) is 58.8 Å². The fraction of sp³-hybridized carbons (Fsp3) is 0.105. The molecule has 0 saturated carbocycles. The molecule has 3 aromatic rings. The topological polar surface area (TPSA) is 92.7 Å². The number of aromatic carboxylic acids is 1. The van der Waals surface area contributed by atoms with Gasteiger partial charge in [-0.05, 0) is 42.8 Å². The van der Waals surface area contributed by atoms with Crippen LogP contribution in [0.5, 0.6) is 5.75 Å². The second kappa shape index (κ2) is 7.42. The van der Waals surface area contributed by atoms with E-state index in [1.165, 1.54) is 25.3 Å². The van der Waals surface area contributed by atoms with Crippen molar-refractivity contribution in [2.24, 2.45) is 0 Å². The molecule has 8 heteroatoms. The van der Waals surface area contributed by atoms with Crippen molar-refractivity contribution < 1.29 is 23.1 Å². The summed E-state index contributed by atoms with van der Waals surface area (Å²) in [5.41, 5.74) is 2.25. The van der Waals surface area contributed by atoms with Gasteiger partial charge < -0.3 is 9.84 Å². The van der Waals surface area contributed by atoms with Crippen molar-refractivity contribution in [1.82, 2.24) is 0 Å². The van der Waals surface area contributed by atoms with E-state index in [4.69, 9.17) is 9.84 Å². The lowest BCUT2D eigenvalue weighted by atomic mass is 10.1. The van der Waals surface area contributed by atoms with Crippen LogP contribution in [0.1, 0.15) is 15.9 Å². The van der Waals surface area contributed by atoms with E-state index in [-0.39, 0.29) is 21.2 Å². The van der Waals surface area contributed by atoms with Gasteiger partial charge in [-0.15, -0.1) is 11.3 Å². The van der Waals surface area contributed by atoms with E-state index >= 15 is 0 Å². The van der Waals surface area contributed by atoms with Gasteiger partial charge in [0.25, 0.3) is 10.0 Å². The molecule has 0 amide bonds. The maximum absolute atomic E-state index is 12.7. The van der Waals surface area contributed by atoms with Crippen LogP contribution in [0.25, 0.3) is 10.4 Å². The Morgan fingerprint density at radius 2 is 1.78 bits per heavy atom. The number of nitrogens with one attached hydrogen (secondary N) is 1. The Morgan fingerprint density at radius 3 is 2.41 bits per heavy atom. The molecule has 0 unspecified atom stereocenters. The molecule has 1 heterocycles. The summed E-state index contributed by atoms with van der Waals surface area (Å²) in [4.78, 5) is 11.9. The molecule has 0 aliphatic heterocycles. The summed E-state index contributed by atoms with van der Waals surface area (Å²) >= 11 is 1.15. The smallest absolute Gasteiger partial charge is 0.335 e. The van der Waals surface area contributed by atoms with Crippen LogP contribution in [0, 0.1) is 6.92 Å². The van der Waals surface area contributed by atoms with E-state index in [1.54, 1.807) is 12.1 Å². The van der Waals surface area contributed by atoms with Crippen LogP contribution in [-0.4, -0.2) is 26.6 Å². The fourth-order valence-corrected chi connectivity index (χ4v) is 4.82. The summed E-state index contributed by atoms with van der Waals surface area (Å²) in [5, 5.41) is 9.04. The Kier molecular flexibility index (Phi) is 5.20. The van der Waals surface area contributed by atoms with Gasteiger partial charge >= 0.3 is 5.97 Å². The Balaban J connectivity index is 1.89. The third-order valence-electron chi connectivity index (χ3n) is 3.88. The standard InChI is InChI=1S/C19H17NO5S2/c1-12-3-5-13(6-4-12)17-9-10-18(26-17)27(23,24)20-15-8-7-14(19(21)22)11-16(15)25-2/h3-11,20H,1-2H3,(H,21,22). The number of sulfonamides is 1. The zero-order chi connectivity index (χ0) is 19.6. The maximum Gasteiger partial charge on any atom is 0.335 e. The van der Waals surface area contributed by atoms with E-state index < -0.39 is 16.0 Å². The van der Waals surface area contributed by atoms with E-state index in [9.17, 15) is 13.2 Å². The highest BCUT2D eigenvalue weighted by molar-refractivity contribution is 7.94. The molecule has 0 radical (unpaired) electrons. The molecule has 0 aliphatic carbocycles. The number of hydrogen-bond acceptors (Lipinski definition) is 5. The highest BCUT2D eigenvalue weighted by Crippen LogP contribution is 2.33. The Hall–Kier alpha value is -2.84. The van der Waals surface area contributed by atoms with Gasteiger partial charge in [-0.1, -0.05) is 29.8 Å². The van der Waals surface area contributed by atoms with Gasteiger partial charge in [0.05, 0.1) is 18.4 Å². The minimum absolute atomic E-state index is 0.00702. The molecule has 6 nitrogen and oxygen atoms in total. The first-order chi connectivity index (χ1) is 12.8. The summed E-state index contributed by atoms with van der Waals surface area (Å²) in [6, 6.07) is 15.1. The number of thiophene rings is 1. The molecule has 0 aliphatic rings. The summed E-state index contributed by atoms with van der Waals surface area (Å²) in [6.07, 6.45) is 0. The van der Waals surface area contributed by atoms with Crippen molar-refractivity contribution in [1.29, 1.82) is 0 Å². The molecule has 0 bridgehead atoms. The van der Waals surface area contributed by atoms with Crippen LogP contribution in [0.4, 0.5) is 5.69 Å². The van der Waals surface area contributed by atoms with E-state index in [0.29, 0.717) is 0 Å². The minimum atomic E-state index is -3.83. The molecule has 3 rings (SSSR count). The third-order valence-corrected chi connectivity index (χ3v) is 6.87. The monoisotopic (exact) mass is 403 g/mol. The third kappa shape index (κ3) is 4.12. The van der Waals surface area contributed by atoms with Crippen LogP contribution in [0.2, 0.25) is 0 Å². The first kappa shape index (κ1) is 18.9. The van der Waals surface area contributed by atoms with Crippen LogP contribution >= 0.6 is 11.3 Å². The first-order valence-electron chi connectivity index (χ1n) is 7.91. The summed E-state index contributed by atoms with van der Waals surface area (Å²) in [7, 11) is -2.49. The molecule has 27 heavy (non-hydrogen) atoms. The van der Waals surface area contributed by atoms with Crippen LogP contribution in [0.3, 0.4) is 0 Å².